The van der Waals surface area contributed by atoms with Crippen LogP contribution in [0.3, 0.4) is 0 Å². The van der Waals surface area contributed by atoms with E-state index in [9.17, 15) is 4.79 Å². The highest BCUT2D eigenvalue weighted by molar-refractivity contribution is 6.30. The first-order chi connectivity index (χ1) is 14.9. The van der Waals surface area contributed by atoms with E-state index >= 15 is 0 Å². The molecule has 0 radical (unpaired) electrons. The lowest BCUT2D eigenvalue weighted by atomic mass is 9.98. The number of ether oxygens (including phenoxy) is 1. The quantitative estimate of drug-likeness (QED) is 0.474. The highest BCUT2D eigenvalue weighted by atomic mass is 35.5. The molecule has 2 unspecified atom stereocenters. The van der Waals surface area contributed by atoms with Crippen molar-refractivity contribution in [3.05, 3.63) is 70.7 Å². The Morgan fingerprint density at radius 3 is 2.06 bits per heavy atom. The molecule has 4 nitrogen and oxygen atoms in total. The van der Waals surface area contributed by atoms with Crippen molar-refractivity contribution in [2.45, 2.75) is 26.9 Å². The normalized spacial score (nSPS) is 17.6. The summed E-state index contributed by atoms with van der Waals surface area (Å²) in [5.74, 6) is 0.673. The van der Waals surface area contributed by atoms with Crippen molar-refractivity contribution in [1.82, 2.24) is 9.80 Å². The molecular formula is C26H35ClN2O2. The van der Waals surface area contributed by atoms with Gasteiger partial charge in [-0.25, -0.2) is 0 Å². The lowest BCUT2D eigenvalue weighted by Crippen LogP contribution is -2.49. The number of piperazine rings is 1. The number of hydrogen-bond acceptors (Lipinski definition) is 4. The van der Waals surface area contributed by atoms with Gasteiger partial charge in [-0.2, -0.15) is 0 Å². The maximum atomic E-state index is 12.7. The van der Waals surface area contributed by atoms with Gasteiger partial charge in [0.25, 0.3) is 0 Å². The summed E-state index contributed by atoms with van der Waals surface area (Å²) in [6.45, 7) is 12.8. The van der Waals surface area contributed by atoms with Crippen molar-refractivity contribution in [2.24, 2.45) is 11.8 Å². The van der Waals surface area contributed by atoms with Crippen LogP contribution >= 0.6 is 11.6 Å². The number of carbonyl (C=O) groups excluding carboxylic acids is 1. The average Bonchev–Trinajstić information content (AvgIpc) is 2.78. The van der Waals surface area contributed by atoms with E-state index in [1.807, 2.05) is 25.1 Å². The summed E-state index contributed by atoms with van der Waals surface area (Å²) < 4.78 is 6.26. The number of nitrogens with zero attached hydrogens (tertiary/aromatic N) is 2. The maximum absolute atomic E-state index is 12.7. The number of carbonyl (C=O) groups is 1. The monoisotopic (exact) mass is 442 g/mol. The van der Waals surface area contributed by atoms with Crippen LogP contribution in [-0.2, 0) is 4.74 Å². The van der Waals surface area contributed by atoms with Gasteiger partial charge in [0, 0.05) is 62.4 Å². The van der Waals surface area contributed by atoms with Crippen molar-refractivity contribution < 1.29 is 9.53 Å². The third-order valence-corrected chi connectivity index (χ3v) is 6.05. The van der Waals surface area contributed by atoms with Crippen LogP contribution in [0.1, 0.15) is 42.8 Å². The summed E-state index contributed by atoms with van der Waals surface area (Å²) in [6, 6.07) is 17.7. The Balaban J connectivity index is 1.49. The second-order valence-electron chi connectivity index (χ2n) is 9.00. The standard InChI is InChI=1S/C26H35ClN2O2/c1-20(2)19-31-25(22-7-5-4-6-8-22)18-29-15-13-28(14-16-29)17-21(3)26(30)23-9-11-24(27)12-10-23/h4-12,20-21,25H,13-19H2,1-3H3. The molecule has 2 aromatic rings. The van der Waals surface area contributed by atoms with Gasteiger partial charge in [0.2, 0.25) is 0 Å². The van der Waals surface area contributed by atoms with E-state index in [0.29, 0.717) is 10.9 Å². The van der Waals surface area contributed by atoms with Gasteiger partial charge in [0.1, 0.15) is 0 Å². The summed E-state index contributed by atoms with van der Waals surface area (Å²) in [6.07, 6.45) is 0.0977. The molecule has 1 aliphatic heterocycles. The fourth-order valence-corrected chi connectivity index (χ4v) is 4.11. The third-order valence-electron chi connectivity index (χ3n) is 5.80. The average molecular weight is 443 g/mol. The molecule has 0 bridgehead atoms. The molecular weight excluding hydrogens is 408 g/mol. The van der Waals surface area contributed by atoms with Gasteiger partial charge in [-0.3, -0.25) is 9.69 Å². The first-order valence-corrected chi connectivity index (χ1v) is 11.7. The highest BCUT2D eigenvalue weighted by Gasteiger charge is 2.24. The molecule has 3 rings (SSSR count). The van der Waals surface area contributed by atoms with Gasteiger partial charge >= 0.3 is 0 Å². The summed E-state index contributed by atoms with van der Waals surface area (Å²) >= 11 is 5.94. The minimum atomic E-state index is -0.0285. The van der Waals surface area contributed by atoms with Crippen LogP contribution in [0.5, 0.6) is 0 Å². The van der Waals surface area contributed by atoms with Crippen LogP contribution < -0.4 is 0 Å². The Labute approximate surface area is 192 Å². The number of Topliss-reactive ketones (excluding diaryl/α,β-unsaturated/α-hetero) is 1. The number of halogens is 1. The van der Waals surface area contributed by atoms with Crippen LogP contribution in [0, 0.1) is 11.8 Å². The molecule has 1 saturated heterocycles. The fourth-order valence-electron chi connectivity index (χ4n) is 3.99. The molecule has 0 N–H and O–H groups in total. The molecule has 1 aliphatic rings. The van der Waals surface area contributed by atoms with Gasteiger partial charge < -0.3 is 9.64 Å². The molecule has 168 valence electrons. The van der Waals surface area contributed by atoms with Gasteiger partial charge in [-0.1, -0.05) is 62.7 Å². The van der Waals surface area contributed by atoms with E-state index in [-0.39, 0.29) is 17.8 Å². The zero-order valence-corrected chi connectivity index (χ0v) is 19.7. The van der Waals surface area contributed by atoms with E-state index in [1.165, 1.54) is 5.56 Å². The first kappa shape index (κ1) is 23.9. The SMILES string of the molecule is CC(C)COC(CN1CCN(CC(C)C(=O)c2ccc(Cl)cc2)CC1)c1ccccc1. The molecule has 31 heavy (non-hydrogen) atoms. The molecule has 1 fully saturated rings. The molecule has 0 amide bonds. The van der Waals surface area contributed by atoms with Gasteiger partial charge in [-0.15, -0.1) is 0 Å². The van der Waals surface area contributed by atoms with Crippen LogP contribution in [0.15, 0.2) is 54.6 Å². The molecule has 0 aliphatic carbocycles. The molecule has 5 heteroatoms. The zero-order chi connectivity index (χ0) is 22.2. The van der Waals surface area contributed by atoms with Crippen molar-refractivity contribution in [1.29, 1.82) is 0 Å². The second kappa shape index (κ2) is 11.8. The van der Waals surface area contributed by atoms with Crippen LogP contribution in [0.4, 0.5) is 0 Å². The first-order valence-electron chi connectivity index (χ1n) is 11.3. The number of benzene rings is 2. The lowest BCUT2D eigenvalue weighted by molar-refractivity contribution is -0.000154. The van der Waals surface area contributed by atoms with Gasteiger partial charge in [0.05, 0.1) is 6.10 Å². The highest BCUT2D eigenvalue weighted by Crippen LogP contribution is 2.21. The Kier molecular flexibility index (Phi) is 9.09. The zero-order valence-electron chi connectivity index (χ0n) is 19.0. The van der Waals surface area contributed by atoms with E-state index in [1.54, 1.807) is 12.1 Å². The summed E-state index contributed by atoms with van der Waals surface area (Å²) in [4.78, 5) is 17.6. The molecule has 0 aromatic heterocycles. The molecule has 2 atom stereocenters. The van der Waals surface area contributed by atoms with E-state index < -0.39 is 0 Å². The molecule has 0 saturated carbocycles. The van der Waals surface area contributed by atoms with E-state index in [0.717, 1.165) is 51.4 Å². The van der Waals surface area contributed by atoms with Crippen molar-refractivity contribution in [2.75, 3.05) is 45.9 Å². The van der Waals surface area contributed by atoms with Crippen LogP contribution in [-0.4, -0.2) is 61.5 Å². The lowest BCUT2D eigenvalue weighted by Gasteiger charge is -2.37. The molecule has 0 spiro atoms. The molecule has 1 heterocycles. The third kappa shape index (κ3) is 7.43. The fraction of sp³-hybridized carbons (Fsp3) is 0.500. The smallest absolute Gasteiger partial charge is 0.166 e. The van der Waals surface area contributed by atoms with Crippen LogP contribution in [0.2, 0.25) is 5.02 Å². The Hall–Kier alpha value is -1.72. The maximum Gasteiger partial charge on any atom is 0.166 e. The topological polar surface area (TPSA) is 32.8 Å². The van der Waals surface area contributed by atoms with Crippen molar-refractivity contribution in [3.8, 4) is 0 Å². The Morgan fingerprint density at radius 2 is 1.48 bits per heavy atom. The number of ketones is 1. The predicted molar refractivity (Wildman–Crippen MR) is 128 cm³/mol. The summed E-state index contributed by atoms with van der Waals surface area (Å²) in [7, 11) is 0. The minimum Gasteiger partial charge on any atom is -0.372 e. The minimum absolute atomic E-state index is 0.0285. The van der Waals surface area contributed by atoms with E-state index in [4.69, 9.17) is 16.3 Å². The van der Waals surface area contributed by atoms with Crippen molar-refractivity contribution in [3.63, 3.8) is 0 Å². The van der Waals surface area contributed by atoms with Gasteiger partial charge in [0.15, 0.2) is 5.78 Å². The Morgan fingerprint density at radius 1 is 0.903 bits per heavy atom. The van der Waals surface area contributed by atoms with Crippen LogP contribution in [0.25, 0.3) is 0 Å². The Bertz CT molecular complexity index is 802. The molecule has 2 aromatic carbocycles. The van der Waals surface area contributed by atoms with E-state index in [2.05, 4.69) is 47.9 Å². The number of hydrogen-bond donors (Lipinski definition) is 0. The summed E-state index contributed by atoms with van der Waals surface area (Å²) in [5, 5.41) is 0.659. The summed E-state index contributed by atoms with van der Waals surface area (Å²) in [5.41, 5.74) is 1.98. The number of rotatable bonds is 10. The van der Waals surface area contributed by atoms with Gasteiger partial charge in [-0.05, 0) is 35.7 Å². The predicted octanol–water partition coefficient (Wildman–Crippen LogP) is 5.19. The van der Waals surface area contributed by atoms with Crippen molar-refractivity contribution >= 4 is 17.4 Å². The largest absolute Gasteiger partial charge is 0.372 e. The second-order valence-corrected chi connectivity index (χ2v) is 9.44.